The average Bonchev–Trinajstić information content (AvgIpc) is 3.38. The number of nitrogens with zero attached hydrogens (tertiary/aromatic N) is 4. The average molecular weight is 660 g/mol. The van der Waals surface area contributed by atoms with E-state index in [1.54, 1.807) is 24.0 Å². The maximum absolute atomic E-state index is 13.2. The summed E-state index contributed by atoms with van der Waals surface area (Å²) in [6.07, 6.45) is 1.23. The highest BCUT2D eigenvalue weighted by Gasteiger charge is 2.31. The van der Waals surface area contributed by atoms with Crippen LogP contribution in [0.1, 0.15) is 61.5 Å². The van der Waals surface area contributed by atoms with Gasteiger partial charge in [-0.1, -0.05) is 20.8 Å². The minimum absolute atomic E-state index is 0.0471. The molecule has 0 radical (unpaired) electrons. The van der Waals surface area contributed by atoms with Crippen molar-refractivity contribution in [3.8, 4) is 11.3 Å². The zero-order chi connectivity index (χ0) is 29.4. The van der Waals surface area contributed by atoms with Crippen LogP contribution in [0.2, 0.25) is 0 Å². The third-order valence-electron chi connectivity index (χ3n) is 6.73. The second kappa shape index (κ2) is 11.8. The zero-order valence-electron chi connectivity index (χ0n) is 22.5. The lowest BCUT2D eigenvalue weighted by Gasteiger charge is -2.31. The fourth-order valence-corrected chi connectivity index (χ4v) is 7.05. The summed E-state index contributed by atoms with van der Waals surface area (Å²) >= 11 is 4.95. The van der Waals surface area contributed by atoms with Gasteiger partial charge in [-0.3, -0.25) is 14.3 Å². The molecule has 1 fully saturated rings. The quantitative estimate of drug-likeness (QED) is 0.275. The number of carbonyl (C=O) groups excluding carboxylic acids is 1. The lowest BCUT2D eigenvalue weighted by molar-refractivity contribution is -0.136. The minimum Gasteiger partial charge on any atom is -0.481 e. The first kappa shape index (κ1) is 30.6. The highest BCUT2D eigenvalue weighted by atomic mass is 79.9. The van der Waals surface area contributed by atoms with Crippen molar-refractivity contribution in [1.29, 1.82) is 0 Å². The molecule has 4 rings (SSSR count). The first-order chi connectivity index (χ1) is 18.6. The number of hydrogen-bond donors (Lipinski definition) is 1. The number of benzene rings is 1. The van der Waals surface area contributed by atoms with Gasteiger partial charge in [0.25, 0.3) is 0 Å². The van der Waals surface area contributed by atoms with Crippen molar-refractivity contribution in [2.24, 2.45) is 0 Å². The molecule has 7 nitrogen and oxygen atoms in total. The Bertz CT molecular complexity index is 1410. The molecule has 1 N–H and O–H groups in total. The standard InChI is InChI=1S/C27H30BrF3N4O3S2/c1-15-9-19(13-22(37)38)33-35(15)14-21(36)34-7-5-16(6-8-34)25-32-23(24(28)39-25)17-10-18(26(2,3)4)12-20(11-17)40-27(29,30)31/h9-12,16H,5-8,13-14H2,1-4H3,(H,37,38). The maximum Gasteiger partial charge on any atom is 0.446 e. The minimum atomic E-state index is -4.39. The van der Waals surface area contributed by atoms with Crippen LogP contribution in [0, 0.1) is 6.92 Å². The molecule has 0 saturated carbocycles. The normalized spacial score (nSPS) is 15.1. The molecule has 216 valence electrons. The van der Waals surface area contributed by atoms with Crippen molar-refractivity contribution in [2.45, 2.75) is 75.2 Å². The SMILES string of the molecule is Cc1cc(CC(=O)O)nn1CC(=O)N1CCC(c2nc(-c3cc(SC(F)(F)F)cc(C(C)(C)C)c3)c(Br)s2)CC1. The van der Waals surface area contributed by atoms with Crippen molar-refractivity contribution in [2.75, 3.05) is 13.1 Å². The maximum atomic E-state index is 13.2. The van der Waals surface area contributed by atoms with E-state index in [1.807, 2.05) is 26.8 Å². The van der Waals surface area contributed by atoms with Crippen LogP contribution < -0.4 is 0 Å². The number of amides is 1. The summed E-state index contributed by atoms with van der Waals surface area (Å²) < 4.78 is 41.9. The number of thioether (sulfide) groups is 1. The lowest BCUT2D eigenvalue weighted by atomic mass is 9.86. The van der Waals surface area contributed by atoms with Gasteiger partial charge in [0.1, 0.15) is 6.54 Å². The second-order valence-corrected chi connectivity index (χ2v) is 14.4. The number of rotatable bonds is 7. The highest BCUT2D eigenvalue weighted by molar-refractivity contribution is 9.11. The van der Waals surface area contributed by atoms with Crippen molar-refractivity contribution in [3.05, 3.63) is 50.0 Å². The fraction of sp³-hybridized carbons (Fsp3) is 0.481. The molecule has 1 aromatic carbocycles. The molecule has 1 saturated heterocycles. The summed E-state index contributed by atoms with van der Waals surface area (Å²) in [6.45, 7) is 8.83. The van der Waals surface area contributed by atoms with Gasteiger partial charge in [0.05, 0.1) is 26.6 Å². The number of likely N-dealkylation sites (tertiary alicyclic amines) is 1. The summed E-state index contributed by atoms with van der Waals surface area (Å²) in [4.78, 5) is 30.7. The Labute approximate surface area is 247 Å². The summed E-state index contributed by atoms with van der Waals surface area (Å²) in [7, 11) is 0. The Morgan fingerprint density at radius 2 is 1.82 bits per heavy atom. The Morgan fingerprint density at radius 3 is 2.42 bits per heavy atom. The van der Waals surface area contributed by atoms with Crippen LogP contribution in [-0.4, -0.2) is 55.2 Å². The van der Waals surface area contributed by atoms with Gasteiger partial charge in [-0.25, -0.2) is 4.98 Å². The van der Waals surface area contributed by atoms with Gasteiger partial charge in [0.2, 0.25) is 5.91 Å². The van der Waals surface area contributed by atoms with E-state index in [1.165, 1.54) is 22.1 Å². The molecule has 13 heteroatoms. The third-order valence-corrected chi connectivity index (χ3v) is 9.30. The highest BCUT2D eigenvalue weighted by Crippen LogP contribution is 2.44. The fourth-order valence-electron chi connectivity index (χ4n) is 4.61. The van der Waals surface area contributed by atoms with E-state index in [2.05, 4.69) is 21.0 Å². The van der Waals surface area contributed by atoms with Crippen LogP contribution in [0.3, 0.4) is 0 Å². The smallest absolute Gasteiger partial charge is 0.446 e. The second-order valence-electron chi connectivity index (χ2n) is 10.9. The monoisotopic (exact) mass is 658 g/mol. The van der Waals surface area contributed by atoms with Crippen LogP contribution in [0.15, 0.2) is 32.9 Å². The number of hydrogen-bond acceptors (Lipinski definition) is 6. The van der Waals surface area contributed by atoms with Gasteiger partial charge < -0.3 is 10.0 Å². The summed E-state index contributed by atoms with van der Waals surface area (Å²) in [5, 5.41) is 14.1. The Hall–Kier alpha value is -2.38. The molecule has 0 unspecified atom stereocenters. The van der Waals surface area contributed by atoms with Crippen molar-refractivity contribution in [1.82, 2.24) is 19.7 Å². The number of carboxylic acid groups (broad SMARTS) is 1. The molecule has 2 aromatic heterocycles. The molecule has 0 bridgehead atoms. The van der Waals surface area contributed by atoms with Gasteiger partial charge in [-0.15, -0.1) is 11.3 Å². The van der Waals surface area contributed by atoms with Crippen LogP contribution in [0.25, 0.3) is 11.3 Å². The molecule has 40 heavy (non-hydrogen) atoms. The number of alkyl halides is 3. The number of piperidine rings is 1. The molecule has 1 aliphatic rings. The topological polar surface area (TPSA) is 88.3 Å². The number of aryl methyl sites for hydroxylation is 1. The molecule has 1 aliphatic heterocycles. The number of carbonyl (C=O) groups is 2. The lowest BCUT2D eigenvalue weighted by Crippen LogP contribution is -2.40. The number of thiazole rings is 1. The van der Waals surface area contributed by atoms with Gasteiger partial charge in [0.15, 0.2) is 0 Å². The van der Waals surface area contributed by atoms with Crippen molar-refractivity contribution in [3.63, 3.8) is 0 Å². The summed E-state index contributed by atoms with van der Waals surface area (Å²) in [6, 6.07) is 6.71. The first-order valence-corrected chi connectivity index (χ1v) is 15.1. The van der Waals surface area contributed by atoms with Crippen LogP contribution >= 0.6 is 39.0 Å². The summed E-state index contributed by atoms with van der Waals surface area (Å²) in [5.41, 5.74) is -1.52. The van der Waals surface area contributed by atoms with Gasteiger partial charge >= 0.3 is 11.5 Å². The summed E-state index contributed by atoms with van der Waals surface area (Å²) in [5.74, 6) is -0.929. The third kappa shape index (κ3) is 7.67. The van der Waals surface area contributed by atoms with Crippen LogP contribution in [-0.2, 0) is 28.0 Å². The van der Waals surface area contributed by atoms with Crippen LogP contribution in [0.5, 0.6) is 0 Å². The molecule has 0 aliphatic carbocycles. The largest absolute Gasteiger partial charge is 0.481 e. The number of aromatic nitrogens is 3. The predicted octanol–water partition coefficient (Wildman–Crippen LogP) is 7.02. The van der Waals surface area contributed by atoms with Crippen molar-refractivity contribution >= 4 is 50.9 Å². The molecule has 3 heterocycles. The van der Waals surface area contributed by atoms with E-state index >= 15 is 0 Å². The molecule has 0 atom stereocenters. The zero-order valence-corrected chi connectivity index (χ0v) is 25.7. The Morgan fingerprint density at radius 1 is 1.15 bits per heavy atom. The number of aliphatic carboxylic acids is 1. The van der Waals surface area contributed by atoms with Crippen molar-refractivity contribution < 1.29 is 27.9 Å². The van der Waals surface area contributed by atoms with E-state index in [0.717, 1.165) is 20.1 Å². The predicted molar refractivity (Wildman–Crippen MR) is 153 cm³/mol. The molecule has 1 amide bonds. The van der Waals surface area contributed by atoms with E-state index in [0.29, 0.717) is 42.9 Å². The molecular formula is C27H30BrF3N4O3S2. The van der Waals surface area contributed by atoms with Gasteiger partial charge in [-0.2, -0.15) is 18.3 Å². The van der Waals surface area contributed by atoms with Crippen LogP contribution in [0.4, 0.5) is 13.2 Å². The van der Waals surface area contributed by atoms with E-state index in [4.69, 9.17) is 10.1 Å². The Balaban J connectivity index is 1.46. The van der Waals surface area contributed by atoms with Gasteiger partial charge in [0, 0.05) is 35.2 Å². The Kier molecular flexibility index (Phi) is 9.06. The van der Waals surface area contributed by atoms with E-state index in [9.17, 15) is 22.8 Å². The molecular weight excluding hydrogens is 629 g/mol. The first-order valence-electron chi connectivity index (χ1n) is 12.7. The van der Waals surface area contributed by atoms with E-state index in [-0.39, 0.29) is 46.9 Å². The van der Waals surface area contributed by atoms with Gasteiger partial charge in [-0.05, 0) is 82.7 Å². The molecule has 0 spiro atoms. The number of carboxylic acids is 1. The van der Waals surface area contributed by atoms with E-state index < -0.39 is 11.5 Å². The number of halogens is 4. The molecule has 3 aromatic rings.